The lowest BCUT2D eigenvalue weighted by molar-refractivity contribution is -0.0809. The van der Waals surface area contributed by atoms with E-state index < -0.39 is 11.0 Å². The highest BCUT2D eigenvalue weighted by Crippen LogP contribution is 2.58. The van der Waals surface area contributed by atoms with Gasteiger partial charge in [-0.05, 0) is 36.7 Å². The van der Waals surface area contributed by atoms with E-state index in [1.165, 1.54) is 0 Å². The molecular weight excluding hydrogens is 262 g/mol. The highest BCUT2D eigenvalue weighted by Gasteiger charge is 2.60. The number of hydrogen-bond donors (Lipinski definition) is 2. The van der Waals surface area contributed by atoms with Gasteiger partial charge in [-0.15, -0.1) is 0 Å². The first-order valence-corrected chi connectivity index (χ1v) is 7.99. The number of rotatable bonds is 2. The number of ether oxygens (including phenoxy) is 1. The summed E-state index contributed by atoms with van der Waals surface area (Å²) in [5, 5.41) is 11.7. The molecular formula is C18H27NO2. The molecule has 0 radical (unpaired) electrons. The van der Waals surface area contributed by atoms with Gasteiger partial charge in [0.05, 0.1) is 12.2 Å². The van der Waals surface area contributed by atoms with Crippen molar-refractivity contribution in [3.8, 4) is 5.75 Å². The van der Waals surface area contributed by atoms with Crippen LogP contribution < -0.4 is 10.5 Å². The molecule has 0 aromatic heterocycles. The third-order valence-corrected chi connectivity index (χ3v) is 5.79. The molecule has 1 aliphatic carbocycles. The first-order chi connectivity index (χ1) is 9.85. The van der Waals surface area contributed by atoms with Crippen molar-refractivity contribution in [3.05, 3.63) is 29.8 Å². The van der Waals surface area contributed by atoms with Gasteiger partial charge in [-0.3, -0.25) is 0 Å². The topological polar surface area (TPSA) is 55.5 Å². The van der Waals surface area contributed by atoms with Crippen LogP contribution in [0.3, 0.4) is 0 Å². The monoisotopic (exact) mass is 289 g/mol. The van der Waals surface area contributed by atoms with Crippen molar-refractivity contribution in [2.75, 3.05) is 13.2 Å². The fourth-order valence-electron chi connectivity index (χ4n) is 4.91. The van der Waals surface area contributed by atoms with Gasteiger partial charge in [0.2, 0.25) is 0 Å². The zero-order valence-electron chi connectivity index (χ0n) is 13.4. The number of aliphatic hydroxyl groups is 1. The average molecular weight is 289 g/mol. The fraction of sp³-hybridized carbons (Fsp3) is 0.667. The molecule has 1 fully saturated rings. The highest BCUT2D eigenvalue weighted by molar-refractivity contribution is 5.45. The summed E-state index contributed by atoms with van der Waals surface area (Å²) in [5.74, 6) is 1.13. The van der Waals surface area contributed by atoms with Crippen LogP contribution in [-0.2, 0) is 5.41 Å². The number of para-hydroxylation sites is 1. The van der Waals surface area contributed by atoms with Gasteiger partial charge in [-0.2, -0.15) is 0 Å². The van der Waals surface area contributed by atoms with Crippen LogP contribution in [0.25, 0.3) is 0 Å². The summed E-state index contributed by atoms with van der Waals surface area (Å²) in [6.07, 6.45) is 2.62. The molecule has 3 rings (SSSR count). The lowest BCUT2D eigenvalue weighted by Gasteiger charge is -2.50. The van der Waals surface area contributed by atoms with E-state index in [1.807, 2.05) is 18.2 Å². The maximum atomic E-state index is 11.7. The Morgan fingerprint density at radius 2 is 2.05 bits per heavy atom. The van der Waals surface area contributed by atoms with Crippen LogP contribution >= 0.6 is 0 Å². The van der Waals surface area contributed by atoms with Crippen molar-refractivity contribution in [2.24, 2.45) is 17.1 Å². The minimum atomic E-state index is -0.759. The number of nitrogens with two attached hydrogens (primary N) is 1. The molecule has 21 heavy (non-hydrogen) atoms. The summed E-state index contributed by atoms with van der Waals surface area (Å²) >= 11 is 0. The van der Waals surface area contributed by atoms with Gasteiger partial charge in [0.15, 0.2) is 0 Å². The van der Waals surface area contributed by atoms with Crippen molar-refractivity contribution in [3.63, 3.8) is 0 Å². The van der Waals surface area contributed by atoms with Crippen LogP contribution in [-0.4, -0.2) is 23.9 Å². The Hall–Kier alpha value is -1.06. The van der Waals surface area contributed by atoms with Crippen molar-refractivity contribution < 1.29 is 9.84 Å². The van der Waals surface area contributed by atoms with E-state index in [0.717, 1.165) is 30.6 Å². The second kappa shape index (κ2) is 4.72. The van der Waals surface area contributed by atoms with E-state index in [-0.39, 0.29) is 11.3 Å². The zero-order chi connectivity index (χ0) is 15.3. The smallest absolute Gasteiger partial charge is 0.123 e. The van der Waals surface area contributed by atoms with Crippen LogP contribution in [0.15, 0.2) is 24.3 Å². The molecule has 3 N–H and O–H groups in total. The van der Waals surface area contributed by atoms with Crippen molar-refractivity contribution in [1.29, 1.82) is 0 Å². The maximum Gasteiger partial charge on any atom is 0.123 e. The Kier molecular flexibility index (Phi) is 3.34. The minimum absolute atomic E-state index is 0.156. The first-order valence-electron chi connectivity index (χ1n) is 7.99. The molecule has 0 bridgehead atoms. The van der Waals surface area contributed by atoms with Gasteiger partial charge in [-0.25, -0.2) is 0 Å². The van der Waals surface area contributed by atoms with Gasteiger partial charge < -0.3 is 15.6 Å². The summed E-state index contributed by atoms with van der Waals surface area (Å²) in [7, 11) is 0. The molecule has 3 atom stereocenters. The van der Waals surface area contributed by atoms with Crippen molar-refractivity contribution >= 4 is 0 Å². The lowest BCUT2D eigenvalue weighted by Crippen LogP contribution is -2.59. The standard InChI is InChI=1S/C18H27NO2/c1-13-10-16(2,3)11-18(13,20)17(12-19)8-9-21-15-7-5-4-6-14(15)17/h4-7,13,20H,8-12,19H2,1-3H3. The van der Waals surface area contributed by atoms with Gasteiger partial charge in [0.25, 0.3) is 0 Å². The summed E-state index contributed by atoms with van der Waals surface area (Å²) in [6, 6.07) is 8.08. The molecule has 1 heterocycles. The Morgan fingerprint density at radius 3 is 2.67 bits per heavy atom. The third-order valence-electron chi connectivity index (χ3n) is 5.79. The summed E-state index contributed by atoms with van der Waals surface area (Å²) in [6.45, 7) is 7.76. The molecule has 0 saturated heterocycles. The van der Waals surface area contributed by atoms with Crippen LogP contribution in [0.5, 0.6) is 5.75 Å². The number of benzene rings is 1. The highest BCUT2D eigenvalue weighted by atomic mass is 16.5. The van der Waals surface area contributed by atoms with Crippen molar-refractivity contribution in [1.82, 2.24) is 0 Å². The van der Waals surface area contributed by atoms with Crippen LogP contribution in [0, 0.1) is 11.3 Å². The van der Waals surface area contributed by atoms with Gasteiger partial charge in [0, 0.05) is 17.5 Å². The molecule has 0 spiro atoms. The largest absolute Gasteiger partial charge is 0.493 e. The van der Waals surface area contributed by atoms with E-state index in [2.05, 4.69) is 26.8 Å². The average Bonchev–Trinajstić information content (AvgIpc) is 2.67. The molecule has 2 aliphatic rings. The van der Waals surface area contributed by atoms with E-state index in [9.17, 15) is 5.11 Å². The van der Waals surface area contributed by atoms with Gasteiger partial charge >= 0.3 is 0 Å². The molecule has 3 unspecified atom stereocenters. The van der Waals surface area contributed by atoms with Crippen molar-refractivity contribution in [2.45, 2.75) is 51.0 Å². The normalized spacial score (nSPS) is 37.9. The van der Waals surface area contributed by atoms with E-state index in [1.54, 1.807) is 0 Å². The molecule has 1 aromatic rings. The molecule has 116 valence electrons. The quantitative estimate of drug-likeness (QED) is 0.880. The zero-order valence-corrected chi connectivity index (χ0v) is 13.4. The lowest BCUT2D eigenvalue weighted by atomic mass is 9.60. The van der Waals surface area contributed by atoms with Crippen LogP contribution in [0.1, 0.15) is 45.6 Å². The number of hydrogen-bond acceptors (Lipinski definition) is 3. The predicted molar refractivity (Wildman–Crippen MR) is 84.4 cm³/mol. The van der Waals surface area contributed by atoms with Crippen LogP contribution in [0.4, 0.5) is 0 Å². The fourth-order valence-corrected chi connectivity index (χ4v) is 4.91. The molecule has 3 nitrogen and oxygen atoms in total. The van der Waals surface area contributed by atoms with E-state index >= 15 is 0 Å². The molecule has 1 saturated carbocycles. The van der Waals surface area contributed by atoms with Crippen LogP contribution in [0.2, 0.25) is 0 Å². The Morgan fingerprint density at radius 1 is 1.33 bits per heavy atom. The molecule has 1 aromatic carbocycles. The first kappa shape index (κ1) is 14.9. The number of fused-ring (bicyclic) bond motifs is 1. The summed E-state index contributed by atoms with van der Waals surface area (Å²) in [5.41, 5.74) is 6.35. The third kappa shape index (κ3) is 2.01. The summed E-state index contributed by atoms with van der Waals surface area (Å²) in [4.78, 5) is 0. The van der Waals surface area contributed by atoms with Gasteiger partial charge in [-0.1, -0.05) is 39.0 Å². The van der Waals surface area contributed by atoms with Gasteiger partial charge in [0.1, 0.15) is 5.75 Å². The molecule has 0 amide bonds. The summed E-state index contributed by atoms with van der Waals surface area (Å²) < 4.78 is 5.81. The SMILES string of the molecule is CC1CC(C)(C)CC1(O)C1(CN)CCOc2ccccc21. The second-order valence-corrected chi connectivity index (χ2v) is 7.75. The Labute approximate surface area is 127 Å². The maximum absolute atomic E-state index is 11.7. The Bertz CT molecular complexity index is 542. The Balaban J connectivity index is 2.14. The predicted octanol–water partition coefficient (Wildman–Crippen LogP) is 2.85. The van der Waals surface area contributed by atoms with E-state index in [0.29, 0.717) is 13.2 Å². The second-order valence-electron chi connectivity index (χ2n) is 7.75. The van der Waals surface area contributed by atoms with E-state index in [4.69, 9.17) is 10.5 Å². The molecule has 1 aliphatic heterocycles. The molecule has 3 heteroatoms. The minimum Gasteiger partial charge on any atom is -0.493 e.